The number of benzene rings is 2. The van der Waals surface area contributed by atoms with Crippen molar-refractivity contribution >= 4 is 28.4 Å². The van der Waals surface area contributed by atoms with E-state index in [1.54, 1.807) is 7.11 Å². The zero-order valence-electron chi connectivity index (χ0n) is 17.6. The molecule has 156 valence electrons. The second-order valence-electron chi connectivity index (χ2n) is 8.06. The molecule has 2 fully saturated rings. The molecule has 1 aromatic heterocycles. The van der Waals surface area contributed by atoms with Crippen molar-refractivity contribution in [2.24, 2.45) is 0 Å². The number of piperidine rings is 1. The van der Waals surface area contributed by atoms with Crippen molar-refractivity contribution in [3.63, 3.8) is 0 Å². The predicted molar refractivity (Wildman–Crippen MR) is 123 cm³/mol. The number of methoxy groups -OCH3 is 1. The van der Waals surface area contributed by atoms with Crippen molar-refractivity contribution in [2.45, 2.75) is 19.3 Å². The molecule has 2 saturated heterocycles. The highest BCUT2D eigenvalue weighted by atomic mass is 16.5. The Bertz CT molecular complexity index is 1010. The van der Waals surface area contributed by atoms with E-state index >= 15 is 0 Å². The summed E-state index contributed by atoms with van der Waals surface area (Å²) >= 11 is 0. The third-order valence-corrected chi connectivity index (χ3v) is 6.22. The third-order valence-electron chi connectivity index (χ3n) is 6.22. The summed E-state index contributed by atoms with van der Waals surface area (Å²) < 4.78 is 5.56. The fourth-order valence-corrected chi connectivity index (χ4v) is 4.57. The molecule has 30 heavy (non-hydrogen) atoms. The average molecular weight is 404 g/mol. The van der Waals surface area contributed by atoms with E-state index in [2.05, 4.69) is 51.1 Å². The predicted octanol–water partition coefficient (Wildman–Crippen LogP) is 3.96. The zero-order valence-corrected chi connectivity index (χ0v) is 17.6. The maximum absolute atomic E-state index is 5.56. The van der Waals surface area contributed by atoms with Gasteiger partial charge in [0.15, 0.2) is 0 Å². The number of aromatic nitrogens is 2. The fraction of sp³-hybridized carbons (Fsp3) is 0.417. The van der Waals surface area contributed by atoms with Gasteiger partial charge in [0.1, 0.15) is 11.6 Å². The molecule has 5 rings (SSSR count). The maximum Gasteiger partial charge on any atom is 0.228 e. The average Bonchev–Trinajstić information content (AvgIpc) is 2.84. The minimum atomic E-state index is 0.856. The van der Waals surface area contributed by atoms with E-state index in [0.717, 1.165) is 73.4 Å². The summed E-state index contributed by atoms with van der Waals surface area (Å²) in [7, 11) is 1.74. The molecule has 2 aromatic carbocycles. The van der Waals surface area contributed by atoms with Crippen LogP contribution in [0.5, 0.6) is 5.75 Å². The highest BCUT2D eigenvalue weighted by Crippen LogP contribution is 2.31. The quantitative estimate of drug-likeness (QED) is 0.657. The SMILES string of the molecule is COc1ccccc1N1CCN(c2nc(N3CCCCC3)c3ccccc3n2)CC1. The molecule has 3 heterocycles. The van der Waals surface area contributed by atoms with Crippen LogP contribution < -0.4 is 19.4 Å². The van der Waals surface area contributed by atoms with Crippen molar-refractivity contribution in [3.05, 3.63) is 48.5 Å². The first-order valence-electron chi connectivity index (χ1n) is 11.0. The van der Waals surface area contributed by atoms with Gasteiger partial charge in [-0.1, -0.05) is 24.3 Å². The van der Waals surface area contributed by atoms with Crippen LogP contribution in [0.3, 0.4) is 0 Å². The number of rotatable bonds is 4. The van der Waals surface area contributed by atoms with Crippen LogP contribution in [0, 0.1) is 0 Å². The standard InChI is InChI=1S/C24H29N5O/c1-30-22-12-6-5-11-21(22)27-15-17-29(18-16-27)24-25-20-10-4-3-9-19(20)23(26-24)28-13-7-2-8-14-28/h3-6,9-12H,2,7-8,13-18H2,1H3. The minimum absolute atomic E-state index is 0.856. The van der Waals surface area contributed by atoms with Gasteiger partial charge < -0.3 is 19.4 Å². The molecule has 0 radical (unpaired) electrons. The number of para-hydroxylation sites is 3. The monoisotopic (exact) mass is 403 g/mol. The van der Waals surface area contributed by atoms with E-state index in [4.69, 9.17) is 14.7 Å². The maximum atomic E-state index is 5.56. The van der Waals surface area contributed by atoms with Gasteiger partial charge in [-0.05, 0) is 43.5 Å². The zero-order chi connectivity index (χ0) is 20.3. The summed E-state index contributed by atoms with van der Waals surface area (Å²) in [6.45, 7) is 5.82. The van der Waals surface area contributed by atoms with Crippen molar-refractivity contribution in [3.8, 4) is 5.75 Å². The molecule has 3 aromatic rings. The first-order chi connectivity index (χ1) is 14.8. The number of piperazine rings is 1. The van der Waals surface area contributed by atoms with Crippen LogP contribution in [0.25, 0.3) is 10.9 Å². The van der Waals surface area contributed by atoms with E-state index in [9.17, 15) is 0 Å². The first-order valence-corrected chi connectivity index (χ1v) is 11.0. The number of hydrogen-bond donors (Lipinski definition) is 0. The molecule has 0 saturated carbocycles. The Morgan fingerprint density at radius 1 is 0.700 bits per heavy atom. The van der Waals surface area contributed by atoms with Crippen LogP contribution in [-0.2, 0) is 0 Å². The van der Waals surface area contributed by atoms with Crippen LogP contribution in [0.2, 0.25) is 0 Å². The molecular formula is C24H29N5O. The van der Waals surface area contributed by atoms with Gasteiger partial charge in [0.2, 0.25) is 5.95 Å². The van der Waals surface area contributed by atoms with E-state index in [1.807, 2.05) is 12.1 Å². The van der Waals surface area contributed by atoms with Crippen LogP contribution in [0.4, 0.5) is 17.5 Å². The lowest BCUT2D eigenvalue weighted by Gasteiger charge is -2.37. The summed E-state index contributed by atoms with van der Waals surface area (Å²) in [6, 6.07) is 16.7. The summed E-state index contributed by atoms with van der Waals surface area (Å²) in [5.41, 5.74) is 2.20. The largest absolute Gasteiger partial charge is 0.495 e. The number of anilines is 3. The third kappa shape index (κ3) is 3.62. The smallest absolute Gasteiger partial charge is 0.228 e. The molecule has 6 heteroatoms. The van der Waals surface area contributed by atoms with Crippen molar-refractivity contribution in [1.82, 2.24) is 9.97 Å². The molecule has 2 aliphatic rings. The summed E-state index contributed by atoms with van der Waals surface area (Å²) in [4.78, 5) is 17.2. The lowest BCUT2D eigenvalue weighted by molar-refractivity contribution is 0.413. The number of fused-ring (bicyclic) bond motifs is 1. The Hall–Kier alpha value is -3.02. The fourth-order valence-electron chi connectivity index (χ4n) is 4.57. The molecule has 0 bridgehead atoms. The van der Waals surface area contributed by atoms with Gasteiger partial charge in [0, 0.05) is 44.7 Å². The number of hydrogen-bond acceptors (Lipinski definition) is 6. The Balaban J connectivity index is 1.40. The van der Waals surface area contributed by atoms with Gasteiger partial charge in [-0.3, -0.25) is 0 Å². The number of ether oxygens (including phenoxy) is 1. The summed E-state index contributed by atoms with van der Waals surface area (Å²) in [5, 5.41) is 1.16. The minimum Gasteiger partial charge on any atom is -0.495 e. The van der Waals surface area contributed by atoms with Gasteiger partial charge in [0.05, 0.1) is 18.3 Å². The van der Waals surface area contributed by atoms with Crippen LogP contribution in [0.1, 0.15) is 19.3 Å². The summed E-state index contributed by atoms with van der Waals surface area (Å²) in [5.74, 6) is 2.89. The second kappa shape index (κ2) is 8.38. The Kier molecular flexibility index (Phi) is 5.30. The molecular weight excluding hydrogens is 374 g/mol. The normalized spacial score (nSPS) is 17.4. The Morgan fingerprint density at radius 3 is 2.20 bits per heavy atom. The molecule has 2 aliphatic heterocycles. The van der Waals surface area contributed by atoms with E-state index < -0.39 is 0 Å². The Labute approximate surface area is 178 Å². The summed E-state index contributed by atoms with van der Waals surface area (Å²) in [6.07, 6.45) is 3.80. The second-order valence-corrected chi connectivity index (χ2v) is 8.06. The highest BCUT2D eigenvalue weighted by molar-refractivity contribution is 5.90. The molecule has 0 N–H and O–H groups in total. The van der Waals surface area contributed by atoms with E-state index in [0.29, 0.717) is 0 Å². The van der Waals surface area contributed by atoms with E-state index in [1.165, 1.54) is 19.3 Å². The lowest BCUT2D eigenvalue weighted by atomic mass is 10.1. The molecule has 0 spiro atoms. The number of nitrogens with zero attached hydrogens (tertiary/aromatic N) is 5. The molecule has 0 atom stereocenters. The van der Waals surface area contributed by atoms with Gasteiger partial charge in [-0.15, -0.1) is 0 Å². The van der Waals surface area contributed by atoms with Crippen LogP contribution in [0.15, 0.2) is 48.5 Å². The molecule has 0 unspecified atom stereocenters. The van der Waals surface area contributed by atoms with Crippen molar-refractivity contribution < 1.29 is 4.74 Å². The first kappa shape index (κ1) is 19.0. The lowest BCUT2D eigenvalue weighted by Crippen LogP contribution is -2.47. The molecule has 0 aliphatic carbocycles. The van der Waals surface area contributed by atoms with Gasteiger partial charge in [-0.2, -0.15) is 4.98 Å². The Morgan fingerprint density at radius 2 is 1.40 bits per heavy atom. The van der Waals surface area contributed by atoms with Gasteiger partial charge >= 0.3 is 0 Å². The molecule has 0 amide bonds. The molecule has 6 nitrogen and oxygen atoms in total. The van der Waals surface area contributed by atoms with Crippen molar-refractivity contribution in [2.75, 3.05) is 61.1 Å². The topological polar surface area (TPSA) is 44.7 Å². The highest BCUT2D eigenvalue weighted by Gasteiger charge is 2.23. The van der Waals surface area contributed by atoms with Gasteiger partial charge in [0.25, 0.3) is 0 Å². The van der Waals surface area contributed by atoms with Crippen LogP contribution in [-0.4, -0.2) is 56.3 Å². The van der Waals surface area contributed by atoms with Gasteiger partial charge in [-0.25, -0.2) is 4.98 Å². The van der Waals surface area contributed by atoms with Crippen molar-refractivity contribution in [1.29, 1.82) is 0 Å². The van der Waals surface area contributed by atoms with E-state index in [-0.39, 0.29) is 0 Å². The van der Waals surface area contributed by atoms with Crippen LogP contribution >= 0.6 is 0 Å².